The molecule has 3 aromatic rings. The topological polar surface area (TPSA) is 12.9 Å². The van der Waals surface area contributed by atoms with E-state index in [0.717, 1.165) is 22.8 Å². The molecule has 0 aliphatic carbocycles. The smallest absolute Gasteiger partial charge is 0.115 e. The molecular formula is C18H18FN. The quantitative estimate of drug-likeness (QED) is 0.640. The molecule has 3 rings (SSSR count). The Morgan fingerprint density at radius 2 is 1.55 bits per heavy atom. The molecule has 0 amide bonds. The van der Waals surface area contributed by atoms with E-state index in [2.05, 4.69) is 11.9 Å². The van der Waals surface area contributed by atoms with Gasteiger partial charge < -0.3 is 0 Å². The third-order valence-corrected chi connectivity index (χ3v) is 3.13. The van der Waals surface area contributed by atoms with Gasteiger partial charge in [0.25, 0.3) is 0 Å². The third-order valence-electron chi connectivity index (χ3n) is 3.13. The summed E-state index contributed by atoms with van der Waals surface area (Å²) < 4.78 is 12.3. The molecule has 0 saturated heterocycles. The van der Waals surface area contributed by atoms with E-state index in [1.807, 2.05) is 67.0 Å². The highest BCUT2D eigenvalue weighted by Gasteiger charge is 1.93. The lowest BCUT2D eigenvalue weighted by atomic mass is 10.1. The summed E-state index contributed by atoms with van der Waals surface area (Å²) >= 11 is 0. The van der Waals surface area contributed by atoms with Crippen LogP contribution in [0.2, 0.25) is 0 Å². The van der Waals surface area contributed by atoms with E-state index in [9.17, 15) is 4.39 Å². The predicted octanol–water partition coefficient (Wildman–Crippen LogP) is 4.95. The van der Waals surface area contributed by atoms with Gasteiger partial charge in [-0.25, -0.2) is 4.39 Å². The Bertz CT molecular complexity index is 650. The molecule has 1 heterocycles. The molecule has 0 radical (unpaired) electrons. The summed E-state index contributed by atoms with van der Waals surface area (Å²) in [6.07, 6.45) is 4.74. The van der Waals surface area contributed by atoms with E-state index in [0.29, 0.717) is 0 Å². The lowest BCUT2D eigenvalue weighted by Crippen LogP contribution is -1.78. The molecule has 0 atom stereocenters. The second kappa shape index (κ2) is 7.39. The van der Waals surface area contributed by atoms with E-state index in [4.69, 9.17) is 0 Å². The predicted molar refractivity (Wildman–Crippen MR) is 82.4 cm³/mol. The maximum atomic E-state index is 12.3. The molecule has 0 aliphatic heterocycles. The highest BCUT2D eigenvalue weighted by atomic mass is 19.1. The lowest BCUT2D eigenvalue weighted by Gasteiger charge is -1.98. The normalized spacial score (nSPS) is 9.90. The van der Waals surface area contributed by atoms with E-state index in [-0.39, 0.29) is 6.67 Å². The van der Waals surface area contributed by atoms with Crippen LogP contribution in [0.3, 0.4) is 0 Å². The number of aromatic nitrogens is 1. The number of pyridine rings is 1. The zero-order valence-electron chi connectivity index (χ0n) is 11.6. The Kier molecular flexibility index (Phi) is 5.24. The molecule has 0 bridgehead atoms. The van der Waals surface area contributed by atoms with Gasteiger partial charge in [0.1, 0.15) is 6.67 Å². The van der Waals surface area contributed by atoms with Crippen LogP contribution in [0.5, 0.6) is 0 Å². The first-order chi connectivity index (χ1) is 9.83. The molecule has 2 heteroatoms. The standard InChI is InChI=1S/C11H9F.C7H9N/c12-8-9-5-6-10-3-1-2-4-11(10)7-9;1-2-7-3-5-8-6-4-7/h1-7H,8H2;3-6H,2H2,1H3. The highest BCUT2D eigenvalue weighted by Crippen LogP contribution is 2.15. The van der Waals surface area contributed by atoms with Crippen molar-refractivity contribution in [2.24, 2.45) is 0 Å². The molecular weight excluding hydrogens is 249 g/mol. The number of nitrogens with zero attached hydrogens (tertiary/aromatic N) is 1. The van der Waals surface area contributed by atoms with Crippen LogP contribution in [0.4, 0.5) is 4.39 Å². The minimum atomic E-state index is -0.384. The third kappa shape index (κ3) is 3.89. The van der Waals surface area contributed by atoms with Crippen molar-refractivity contribution in [2.75, 3.05) is 0 Å². The average Bonchev–Trinajstić information content (AvgIpc) is 2.55. The lowest BCUT2D eigenvalue weighted by molar-refractivity contribution is 0.485. The second-order valence-electron chi connectivity index (χ2n) is 4.52. The van der Waals surface area contributed by atoms with E-state index in [1.165, 1.54) is 5.56 Å². The molecule has 0 unspecified atom stereocenters. The van der Waals surface area contributed by atoms with Crippen LogP contribution in [0, 0.1) is 0 Å². The summed E-state index contributed by atoms with van der Waals surface area (Å²) in [5.74, 6) is 0. The van der Waals surface area contributed by atoms with E-state index < -0.39 is 0 Å². The van der Waals surface area contributed by atoms with Gasteiger partial charge in [-0.3, -0.25) is 4.98 Å². The summed E-state index contributed by atoms with van der Waals surface area (Å²) in [6.45, 7) is 1.75. The number of halogens is 1. The van der Waals surface area contributed by atoms with E-state index >= 15 is 0 Å². The number of rotatable bonds is 2. The van der Waals surface area contributed by atoms with Crippen LogP contribution >= 0.6 is 0 Å². The van der Waals surface area contributed by atoms with Gasteiger partial charge in [0.15, 0.2) is 0 Å². The van der Waals surface area contributed by atoms with Crippen LogP contribution in [0.15, 0.2) is 67.0 Å². The maximum Gasteiger partial charge on any atom is 0.115 e. The van der Waals surface area contributed by atoms with Crippen molar-refractivity contribution in [3.05, 3.63) is 78.1 Å². The number of hydrogen-bond acceptors (Lipinski definition) is 1. The summed E-state index contributed by atoms with van der Waals surface area (Å²) in [6, 6.07) is 17.7. The molecule has 20 heavy (non-hydrogen) atoms. The van der Waals surface area contributed by atoms with Crippen molar-refractivity contribution in [1.29, 1.82) is 0 Å². The summed E-state index contributed by atoms with van der Waals surface area (Å²) in [4.78, 5) is 3.89. The Labute approximate surface area is 119 Å². The first-order valence-corrected chi connectivity index (χ1v) is 6.76. The number of alkyl halides is 1. The average molecular weight is 267 g/mol. The van der Waals surface area contributed by atoms with Crippen LogP contribution in [0.25, 0.3) is 10.8 Å². The van der Waals surface area contributed by atoms with E-state index in [1.54, 1.807) is 0 Å². The Hall–Kier alpha value is -2.22. The Balaban J connectivity index is 0.000000160. The molecule has 102 valence electrons. The van der Waals surface area contributed by atoms with Gasteiger partial charge in [0.05, 0.1) is 0 Å². The summed E-state index contributed by atoms with van der Waals surface area (Å²) in [5, 5.41) is 2.27. The fraction of sp³-hybridized carbons (Fsp3) is 0.167. The van der Waals surface area contributed by atoms with Gasteiger partial charge in [-0.1, -0.05) is 43.3 Å². The first-order valence-electron chi connectivity index (χ1n) is 6.76. The van der Waals surface area contributed by atoms with Crippen molar-refractivity contribution in [1.82, 2.24) is 4.98 Å². The maximum absolute atomic E-state index is 12.3. The summed E-state index contributed by atoms with van der Waals surface area (Å²) in [7, 11) is 0. The van der Waals surface area contributed by atoms with Crippen LogP contribution in [0.1, 0.15) is 18.1 Å². The van der Waals surface area contributed by atoms with Crippen molar-refractivity contribution in [3.8, 4) is 0 Å². The molecule has 0 aliphatic rings. The van der Waals surface area contributed by atoms with Crippen molar-refractivity contribution < 1.29 is 4.39 Å². The van der Waals surface area contributed by atoms with Gasteiger partial charge in [-0.05, 0) is 46.5 Å². The van der Waals surface area contributed by atoms with Crippen molar-refractivity contribution >= 4 is 10.8 Å². The Morgan fingerprint density at radius 1 is 0.850 bits per heavy atom. The van der Waals surface area contributed by atoms with Crippen LogP contribution in [-0.4, -0.2) is 4.98 Å². The number of benzene rings is 2. The Morgan fingerprint density at radius 3 is 2.15 bits per heavy atom. The van der Waals surface area contributed by atoms with Crippen LogP contribution in [-0.2, 0) is 13.1 Å². The fourth-order valence-electron chi connectivity index (χ4n) is 1.94. The number of fused-ring (bicyclic) bond motifs is 1. The van der Waals surface area contributed by atoms with Gasteiger partial charge in [0, 0.05) is 12.4 Å². The van der Waals surface area contributed by atoms with Gasteiger partial charge in [-0.15, -0.1) is 0 Å². The van der Waals surface area contributed by atoms with Crippen molar-refractivity contribution in [3.63, 3.8) is 0 Å². The minimum absolute atomic E-state index is 0.384. The molecule has 0 fully saturated rings. The van der Waals surface area contributed by atoms with Crippen molar-refractivity contribution in [2.45, 2.75) is 20.0 Å². The molecule has 0 spiro atoms. The summed E-state index contributed by atoms with van der Waals surface area (Å²) in [5.41, 5.74) is 2.09. The number of hydrogen-bond donors (Lipinski definition) is 0. The van der Waals surface area contributed by atoms with Gasteiger partial charge in [0.2, 0.25) is 0 Å². The highest BCUT2D eigenvalue weighted by molar-refractivity contribution is 5.82. The molecule has 0 saturated carbocycles. The largest absolute Gasteiger partial charge is 0.265 e. The second-order valence-corrected chi connectivity index (χ2v) is 4.52. The zero-order chi connectivity index (χ0) is 14.2. The fourth-order valence-corrected chi connectivity index (χ4v) is 1.94. The number of aryl methyl sites for hydroxylation is 1. The SMILES string of the molecule is CCc1ccncc1.FCc1ccc2ccccc2c1. The zero-order valence-corrected chi connectivity index (χ0v) is 11.6. The monoisotopic (exact) mass is 267 g/mol. The molecule has 1 aromatic heterocycles. The first kappa shape index (κ1) is 14.2. The van der Waals surface area contributed by atoms with Crippen LogP contribution < -0.4 is 0 Å². The molecule has 2 aromatic carbocycles. The van der Waals surface area contributed by atoms with Gasteiger partial charge in [-0.2, -0.15) is 0 Å². The molecule has 1 nitrogen and oxygen atoms in total. The van der Waals surface area contributed by atoms with Gasteiger partial charge >= 0.3 is 0 Å². The molecule has 0 N–H and O–H groups in total. The minimum Gasteiger partial charge on any atom is -0.265 e.